The number of aliphatic carboxylic acids is 1. The lowest BCUT2D eigenvalue weighted by Crippen LogP contribution is -2.25. The number of halogens is 1. The van der Waals surface area contributed by atoms with Gasteiger partial charge in [-0.3, -0.25) is 9.59 Å². The lowest BCUT2D eigenvalue weighted by molar-refractivity contribution is -0.137. The van der Waals surface area contributed by atoms with Gasteiger partial charge in [0.15, 0.2) is 0 Å². The van der Waals surface area contributed by atoms with Crippen LogP contribution in [-0.4, -0.2) is 40.6 Å². The third-order valence-corrected chi connectivity index (χ3v) is 7.16. The van der Waals surface area contributed by atoms with Gasteiger partial charge in [-0.25, -0.2) is 14.4 Å². The minimum Gasteiger partial charge on any atom is -0.496 e. The fourth-order valence-corrected chi connectivity index (χ4v) is 5.08. The zero-order valence-corrected chi connectivity index (χ0v) is 23.5. The Bertz CT molecular complexity index is 1490. The molecule has 0 saturated carbocycles. The Labute approximate surface area is 239 Å². The highest BCUT2D eigenvalue weighted by atomic mass is 19.1. The van der Waals surface area contributed by atoms with E-state index in [0.717, 1.165) is 36.1 Å². The van der Waals surface area contributed by atoms with Crippen LogP contribution in [0.1, 0.15) is 73.0 Å². The van der Waals surface area contributed by atoms with E-state index in [9.17, 15) is 14.0 Å². The second kappa shape index (κ2) is 14.3. The number of benzene rings is 3. The number of nitrogens with one attached hydrogen (secondary N) is 1. The highest BCUT2D eigenvalue weighted by Gasteiger charge is 2.17. The Kier molecular flexibility index (Phi) is 10.4. The van der Waals surface area contributed by atoms with Crippen molar-refractivity contribution in [3.05, 3.63) is 89.4 Å². The van der Waals surface area contributed by atoms with Crippen LogP contribution in [0.4, 0.5) is 4.39 Å². The van der Waals surface area contributed by atoms with Crippen LogP contribution < -0.4 is 10.1 Å². The monoisotopic (exact) mass is 557 g/mol. The van der Waals surface area contributed by atoms with Crippen LogP contribution in [0.15, 0.2) is 66.7 Å². The molecule has 4 rings (SSSR count). The summed E-state index contributed by atoms with van der Waals surface area (Å²) in [6, 6.07) is 19.3. The van der Waals surface area contributed by atoms with Crippen LogP contribution >= 0.6 is 0 Å². The van der Waals surface area contributed by atoms with Crippen molar-refractivity contribution >= 4 is 22.9 Å². The van der Waals surface area contributed by atoms with E-state index in [-0.39, 0.29) is 24.1 Å². The second-order valence-electron chi connectivity index (χ2n) is 10.1. The molecule has 7 nitrogen and oxygen atoms in total. The molecule has 1 aromatic heterocycles. The minimum absolute atomic E-state index is 0.0768. The summed E-state index contributed by atoms with van der Waals surface area (Å²) in [4.78, 5) is 33.7. The summed E-state index contributed by atoms with van der Waals surface area (Å²) in [5.74, 6) is -0.232. The molecule has 0 aliphatic heterocycles. The van der Waals surface area contributed by atoms with E-state index in [1.54, 1.807) is 37.4 Å². The molecule has 1 amide bonds. The molecule has 0 aliphatic rings. The number of amides is 1. The smallest absolute Gasteiger partial charge is 0.303 e. The molecular weight excluding hydrogens is 521 g/mol. The summed E-state index contributed by atoms with van der Waals surface area (Å²) in [7, 11) is 1.68. The summed E-state index contributed by atoms with van der Waals surface area (Å²) in [6.07, 6.45) is 4.52. The second-order valence-corrected chi connectivity index (χ2v) is 10.1. The van der Waals surface area contributed by atoms with Crippen molar-refractivity contribution in [2.45, 2.75) is 57.8 Å². The fraction of sp³-hybridized carbons (Fsp3) is 0.333. The molecule has 0 aliphatic carbocycles. The van der Waals surface area contributed by atoms with Crippen molar-refractivity contribution in [3.8, 4) is 17.0 Å². The molecule has 0 saturated heterocycles. The van der Waals surface area contributed by atoms with Gasteiger partial charge in [0, 0.05) is 24.1 Å². The molecular formula is C33H36FN3O4. The molecule has 41 heavy (non-hydrogen) atoms. The van der Waals surface area contributed by atoms with E-state index in [1.807, 2.05) is 18.2 Å². The molecule has 8 heteroatoms. The van der Waals surface area contributed by atoms with Crippen LogP contribution in [0.5, 0.6) is 5.75 Å². The number of ether oxygens (including phenoxy) is 1. The first kappa shape index (κ1) is 29.6. The van der Waals surface area contributed by atoms with E-state index >= 15 is 0 Å². The number of carbonyl (C=O) groups is 2. The van der Waals surface area contributed by atoms with E-state index in [2.05, 4.69) is 18.3 Å². The van der Waals surface area contributed by atoms with Crippen molar-refractivity contribution in [1.82, 2.24) is 15.3 Å². The van der Waals surface area contributed by atoms with Crippen LogP contribution in [-0.2, 0) is 11.2 Å². The number of rotatable bonds is 14. The number of nitrogens with zero attached hydrogens (tertiary/aromatic N) is 2. The number of carboxylic acid groups (broad SMARTS) is 1. The Morgan fingerprint density at radius 2 is 1.76 bits per heavy atom. The van der Waals surface area contributed by atoms with E-state index in [4.69, 9.17) is 19.8 Å². The van der Waals surface area contributed by atoms with Crippen LogP contribution in [0, 0.1) is 5.82 Å². The van der Waals surface area contributed by atoms with Crippen LogP contribution in [0.25, 0.3) is 22.3 Å². The topological polar surface area (TPSA) is 101 Å². The van der Waals surface area contributed by atoms with Crippen LogP contribution in [0.3, 0.4) is 0 Å². The van der Waals surface area contributed by atoms with Crippen molar-refractivity contribution in [2.24, 2.45) is 0 Å². The van der Waals surface area contributed by atoms with E-state index in [0.29, 0.717) is 53.8 Å². The largest absolute Gasteiger partial charge is 0.496 e. The molecule has 3 aromatic carbocycles. The molecule has 1 heterocycles. The number of aryl methyl sites for hydroxylation is 1. The number of hydrogen-bond donors (Lipinski definition) is 2. The predicted octanol–water partition coefficient (Wildman–Crippen LogP) is 6.95. The van der Waals surface area contributed by atoms with Crippen molar-refractivity contribution < 1.29 is 23.8 Å². The average Bonchev–Trinajstić information content (AvgIpc) is 2.98. The maximum atomic E-state index is 13.6. The Balaban J connectivity index is 1.52. The Morgan fingerprint density at radius 1 is 0.976 bits per heavy atom. The number of carboxylic acids is 1. The number of hydrogen-bond acceptors (Lipinski definition) is 5. The van der Waals surface area contributed by atoms with E-state index < -0.39 is 5.97 Å². The summed E-state index contributed by atoms with van der Waals surface area (Å²) >= 11 is 0. The molecule has 214 valence electrons. The van der Waals surface area contributed by atoms with E-state index in [1.165, 1.54) is 12.1 Å². The minimum atomic E-state index is -0.840. The van der Waals surface area contributed by atoms with Gasteiger partial charge in [-0.1, -0.05) is 31.5 Å². The molecule has 1 unspecified atom stereocenters. The molecule has 0 spiro atoms. The fourth-order valence-electron chi connectivity index (χ4n) is 5.08. The number of aromatic nitrogens is 2. The van der Waals surface area contributed by atoms with Crippen LogP contribution in [0.2, 0.25) is 0 Å². The van der Waals surface area contributed by atoms with Crippen molar-refractivity contribution in [2.75, 3.05) is 13.7 Å². The molecule has 0 fully saturated rings. The molecule has 0 bridgehead atoms. The lowest BCUT2D eigenvalue weighted by Gasteiger charge is -2.19. The predicted molar refractivity (Wildman–Crippen MR) is 158 cm³/mol. The maximum absolute atomic E-state index is 13.6. The third kappa shape index (κ3) is 7.87. The number of fused-ring (bicyclic) bond motifs is 1. The van der Waals surface area contributed by atoms with Gasteiger partial charge in [-0.2, -0.15) is 0 Å². The van der Waals surface area contributed by atoms with Gasteiger partial charge in [0.25, 0.3) is 5.91 Å². The van der Waals surface area contributed by atoms with Gasteiger partial charge < -0.3 is 15.2 Å². The molecule has 0 radical (unpaired) electrons. The Morgan fingerprint density at radius 3 is 2.49 bits per heavy atom. The number of carbonyl (C=O) groups excluding carboxylic acids is 1. The average molecular weight is 558 g/mol. The lowest BCUT2D eigenvalue weighted by atomic mass is 9.90. The SMILES string of the molecule is CCCC(CCNC(=O)c1ccc2nc(-c3ccc(F)cc3)c(CCCCC(=O)O)nc2c1)c1ccccc1OC. The molecule has 2 N–H and O–H groups in total. The van der Waals surface area contributed by atoms with Gasteiger partial charge in [0.1, 0.15) is 11.6 Å². The van der Waals surface area contributed by atoms with Gasteiger partial charge in [-0.05, 0) is 92.1 Å². The highest BCUT2D eigenvalue weighted by Crippen LogP contribution is 2.32. The summed E-state index contributed by atoms with van der Waals surface area (Å²) in [6.45, 7) is 2.67. The zero-order valence-electron chi connectivity index (χ0n) is 23.5. The maximum Gasteiger partial charge on any atom is 0.303 e. The Hall–Kier alpha value is -4.33. The normalized spacial score (nSPS) is 11.8. The standard InChI is InChI=1S/C33H36FN3O4/c1-3-8-22(26-9-4-6-11-30(26)41-2)19-20-35-33(40)24-15-18-27-29(21-24)36-28(10-5-7-12-31(38)39)32(37-27)23-13-16-25(34)17-14-23/h4,6,9,11,13-18,21-22H,3,5,7-8,10,12,19-20H2,1-2H3,(H,35,40)(H,38,39). The first-order valence-electron chi connectivity index (χ1n) is 14.1. The first-order valence-corrected chi connectivity index (χ1v) is 14.1. The number of methoxy groups -OCH3 is 1. The van der Waals surface area contributed by atoms with Gasteiger partial charge >= 0.3 is 5.97 Å². The third-order valence-electron chi connectivity index (χ3n) is 7.16. The van der Waals surface area contributed by atoms with Crippen molar-refractivity contribution in [3.63, 3.8) is 0 Å². The zero-order chi connectivity index (χ0) is 29.2. The summed E-state index contributed by atoms with van der Waals surface area (Å²) in [5, 5.41) is 12.0. The van der Waals surface area contributed by atoms with Gasteiger partial charge in [-0.15, -0.1) is 0 Å². The quantitative estimate of drug-likeness (QED) is 0.163. The molecule has 1 atom stereocenters. The van der Waals surface area contributed by atoms with Gasteiger partial charge in [0.05, 0.1) is 29.5 Å². The summed E-state index contributed by atoms with van der Waals surface area (Å²) in [5.41, 5.74) is 4.88. The number of para-hydroxylation sites is 1. The highest BCUT2D eigenvalue weighted by molar-refractivity contribution is 5.97. The van der Waals surface area contributed by atoms with Crippen molar-refractivity contribution in [1.29, 1.82) is 0 Å². The van der Waals surface area contributed by atoms with Gasteiger partial charge in [0.2, 0.25) is 0 Å². The number of unbranched alkanes of at least 4 members (excludes halogenated alkanes) is 1. The first-order chi connectivity index (χ1) is 19.9. The molecule has 4 aromatic rings. The summed E-state index contributed by atoms with van der Waals surface area (Å²) < 4.78 is 19.1.